The van der Waals surface area contributed by atoms with E-state index in [0.717, 1.165) is 0 Å². The van der Waals surface area contributed by atoms with Gasteiger partial charge in [0.2, 0.25) is 0 Å². The van der Waals surface area contributed by atoms with Crippen molar-refractivity contribution in [3.8, 4) is 0 Å². The minimum atomic E-state index is -0.778. The van der Waals surface area contributed by atoms with Crippen LogP contribution >= 0.6 is 0 Å². The molecular weight excluding hydrogens is 248 g/mol. The van der Waals surface area contributed by atoms with Gasteiger partial charge in [-0.15, -0.1) is 0 Å². The zero-order valence-corrected chi connectivity index (χ0v) is 10.5. The molecule has 0 atom stereocenters. The van der Waals surface area contributed by atoms with Crippen molar-refractivity contribution in [1.82, 2.24) is 20.4 Å². The van der Waals surface area contributed by atoms with E-state index < -0.39 is 5.97 Å². The minimum absolute atomic E-state index is 0.186. The highest BCUT2D eigenvalue weighted by molar-refractivity contribution is 5.75. The van der Waals surface area contributed by atoms with Crippen LogP contribution in [-0.2, 0) is 11.3 Å². The molecule has 0 unspecified atom stereocenters. The maximum atomic E-state index is 11.9. The fraction of sp³-hybridized carbons (Fsp3) is 0.500. The van der Waals surface area contributed by atoms with Gasteiger partial charge in [0.05, 0.1) is 18.2 Å². The van der Waals surface area contributed by atoms with Crippen LogP contribution in [0.3, 0.4) is 0 Å². The van der Waals surface area contributed by atoms with Crippen LogP contribution in [0, 0.1) is 5.92 Å². The molecule has 0 aliphatic carbocycles. The number of piperidine rings is 1. The van der Waals surface area contributed by atoms with E-state index in [-0.39, 0.29) is 11.9 Å². The van der Waals surface area contributed by atoms with Crippen molar-refractivity contribution >= 4 is 12.0 Å². The first kappa shape index (κ1) is 13.3. The summed E-state index contributed by atoms with van der Waals surface area (Å²) in [5, 5.41) is 19.2. The molecule has 7 nitrogen and oxygen atoms in total. The van der Waals surface area contributed by atoms with Gasteiger partial charge in [-0.05, 0) is 25.0 Å². The quantitative estimate of drug-likeness (QED) is 0.828. The van der Waals surface area contributed by atoms with Crippen LogP contribution in [-0.4, -0.2) is 45.3 Å². The van der Waals surface area contributed by atoms with Crippen LogP contribution in [0.1, 0.15) is 18.5 Å². The lowest BCUT2D eigenvalue weighted by Crippen LogP contribution is -2.45. The molecule has 1 aliphatic rings. The Bertz CT molecular complexity index is 444. The number of carboxylic acids is 1. The SMILES string of the molecule is O=C(O)C1CCN(C(=O)NCc2cccnn2)CC1. The number of aliphatic carboxylic acids is 1. The van der Waals surface area contributed by atoms with Gasteiger partial charge in [0.1, 0.15) is 0 Å². The third-order valence-corrected chi connectivity index (χ3v) is 3.18. The lowest BCUT2D eigenvalue weighted by Gasteiger charge is -2.30. The number of carboxylic acid groups (broad SMARTS) is 1. The summed E-state index contributed by atoms with van der Waals surface area (Å²) in [6.07, 6.45) is 2.59. The van der Waals surface area contributed by atoms with E-state index in [1.165, 1.54) is 0 Å². The van der Waals surface area contributed by atoms with Crippen LogP contribution in [0.4, 0.5) is 4.79 Å². The molecule has 0 spiro atoms. The van der Waals surface area contributed by atoms with Crippen molar-refractivity contribution in [2.75, 3.05) is 13.1 Å². The average molecular weight is 264 g/mol. The van der Waals surface area contributed by atoms with Gasteiger partial charge in [-0.1, -0.05) is 0 Å². The standard InChI is InChI=1S/C12H16N4O3/c17-11(18)9-3-6-16(7-4-9)12(19)13-8-10-2-1-5-14-15-10/h1-2,5,9H,3-4,6-8H2,(H,13,19)(H,17,18). The van der Waals surface area contributed by atoms with E-state index in [4.69, 9.17) is 5.11 Å². The molecule has 1 aromatic rings. The summed E-state index contributed by atoms with van der Waals surface area (Å²) >= 11 is 0. The van der Waals surface area contributed by atoms with E-state index in [1.54, 1.807) is 23.2 Å². The molecule has 2 rings (SSSR count). The molecule has 2 heterocycles. The summed E-state index contributed by atoms with van der Waals surface area (Å²) in [5.74, 6) is -1.11. The van der Waals surface area contributed by atoms with Crippen LogP contribution in [0.15, 0.2) is 18.3 Å². The predicted octanol–water partition coefficient (Wildman–Crippen LogP) is 0.483. The first-order valence-electron chi connectivity index (χ1n) is 6.19. The summed E-state index contributed by atoms with van der Waals surface area (Å²) in [5.41, 5.74) is 0.691. The Morgan fingerprint density at radius 3 is 2.74 bits per heavy atom. The highest BCUT2D eigenvalue weighted by Crippen LogP contribution is 2.17. The summed E-state index contributed by atoms with van der Waals surface area (Å²) in [7, 11) is 0. The van der Waals surface area contributed by atoms with Crippen LogP contribution in [0.5, 0.6) is 0 Å². The number of likely N-dealkylation sites (tertiary alicyclic amines) is 1. The Kier molecular flexibility index (Phi) is 4.27. The fourth-order valence-corrected chi connectivity index (χ4v) is 2.04. The molecule has 7 heteroatoms. The molecule has 1 fully saturated rings. The number of nitrogens with one attached hydrogen (secondary N) is 1. The fourth-order valence-electron chi connectivity index (χ4n) is 2.04. The Labute approximate surface area is 110 Å². The van der Waals surface area contributed by atoms with Gasteiger partial charge in [0.15, 0.2) is 0 Å². The van der Waals surface area contributed by atoms with Gasteiger partial charge in [-0.25, -0.2) is 4.79 Å². The van der Waals surface area contributed by atoms with Gasteiger partial charge in [0.25, 0.3) is 0 Å². The second-order valence-corrected chi connectivity index (χ2v) is 4.47. The summed E-state index contributed by atoms with van der Waals surface area (Å²) < 4.78 is 0. The third kappa shape index (κ3) is 3.64. The van der Waals surface area contributed by atoms with E-state index in [2.05, 4.69) is 15.5 Å². The highest BCUT2D eigenvalue weighted by atomic mass is 16.4. The lowest BCUT2D eigenvalue weighted by molar-refractivity contribution is -0.143. The van der Waals surface area contributed by atoms with Crippen LogP contribution < -0.4 is 5.32 Å². The number of urea groups is 1. The molecule has 2 N–H and O–H groups in total. The number of hydrogen-bond acceptors (Lipinski definition) is 4. The number of hydrogen-bond donors (Lipinski definition) is 2. The third-order valence-electron chi connectivity index (χ3n) is 3.18. The largest absolute Gasteiger partial charge is 0.481 e. The van der Waals surface area contributed by atoms with Crippen molar-refractivity contribution in [1.29, 1.82) is 0 Å². The zero-order valence-electron chi connectivity index (χ0n) is 10.5. The predicted molar refractivity (Wildman–Crippen MR) is 66.2 cm³/mol. The van der Waals surface area contributed by atoms with Gasteiger partial charge in [-0.3, -0.25) is 4.79 Å². The topological polar surface area (TPSA) is 95.4 Å². The second-order valence-electron chi connectivity index (χ2n) is 4.47. The number of aromatic nitrogens is 2. The molecule has 0 aromatic carbocycles. The van der Waals surface area contributed by atoms with Crippen molar-refractivity contribution in [3.63, 3.8) is 0 Å². The number of nitrogens with zero attached hydrogens (tertiary/aromatic N) is 3. The van der Waals surface area contributed by atoms with Gasteiger partial charge < -0.3 is 15.3 Å². The molecule has 2 amide bonds. The smallest absolute Gasteiger partial charge is 0.317 e. The summed E-state index contributed by atoms with van der Waals surface area (Å²) in [6.45, 7) is 1.28. The molecule has 19 heavy (non-hydrogen) atoms. The summed E-state index contributed by atoms with van der Waals surface area (Å²) in [6, 6.07) is 3.35. The van der Waals surface area contributed by atoms with E-state index in [9.17, 15) is 9.59 Å². The van der Waals surface area contributed by atoms with Crippen LogP contribution in [0.25, 0.3) is 0 Å². The first-order chi connectivity index (χ1) is 9.16. The lowest BCUT2D eigenvalue weighted by atomic mass is 9.97. The zero-order chi connectivity index (χ0) is 13.7. The molecule has 1 saturated heterocycles. The number of carbonyl (C=O) groups is 2. The second kappa shape index (κ2) is 6.12. The Hall–Kier alpha value is -2.18. The number of carbonyl (C=O) groups excluding carboxylic acids is 1. The van der Waals surface area contributed by atoms with Gasteiger partial charge >= 0.3 is 12.0 Å². The Morgan fingerprint density at radius 1 is 1.42 bits per heavy atom. The molecule has 102 valence electrons. The number of amides is 2. The normalized spacial score (nSPS) is 16.1. The van der Waals surface area contributed by atoms with Gasteiger partial charge in [0, 0.05) is 19.3 Å². The Morgan fingerprint density at radius 2 is 2.16 bits per heavy atom. The van der Waals surface area contributed by atoms with Crippen molar-refractivity contribution in [2.24, 2.45) is 5.92 Å². The van der Waals surface area contributed by atoms with Gasteiger partial charge in [-0.2, -0.15) is 10.2 Å². The van der Waals surface area contributed by atoms with Crippen LogP contribution in [0.2, 0.25) is 0 Å². The Balaban J connectivity index is 1.77. The monoisotopic (exact) mass is 264 g/mol. The van der Waals surface area contributed by atoms with Crippen molar-refractivity contribution in [3.05, 3.63) is 24.0 Å². The molecule has 1 aliphatic heterocycles. The van der Waals surface area contributed by atoms with Crippen molar-refractivity contribution < 1.29 is 14.7 Å². The minimum Gasteiger partial charge on any atom is -0.481 e. The van der Waals surface area contributed by atoms with Crippen molar-refractivity contribution in [2.45, 2.75) is 19.4 Å². The van der Waals surface area contributed by atoms with E-state index >= 15 is 0 Å². The maximum absolute atomic E-state index is 11.9. The molecule has 0 saturated carbocycles. The molecule has 0 bridgehead atoms. The highest BCUT2D eigenvalue weighted by Gasteiger charge is 2.26. The first-order valence-corrected chi connectivity index (χ1v) is 6.19. The molecule has 1 aromatic heterocycles. The molecular formula is C12H16N4O3. The average Bonchev–Trinajstić information content (AvgIpc) is 2.46. The summed E-state index contributed by atoms with van der Waals surface area (Å²) in [4.78, 5) is 24.3. The molecule has 0 radical (unpaired) electrons. The maximum Gasteiger partial charge on any atom is 0.317 e. The number of rotatable bonds is 3. The van der Waals surface area contributed by atoms with E-state index in [0.29, 0.717) is 38.2 Å². The van der Waals surface area contributed by atoms with E-state index in [1.807, 2.05) is 0 Å².